The van der Waals surface area contributed by atoms with Gasteiger partial charge in [0.2, 0.25) is 0 Å². The first-order chi connectivity index (χ1) is 12.1. The molecular formula is C20H34N4O. The van der Waals surface area contributed by atoms with E-state index in [9.17, 15) is 0 Å². The molecule has 0 amide bonds. The second-order valence-electron chi connectivity index (χ2n) is 7.00. The minimum Gasteiger partial charge on any atom is -0.380 e. The van der Waals surface area contributed by atoms with E-state index in [0.717, 1.165) is 25.6 Å². The normalized spacial score (nSPS) is 17.1. The van der Waals surface area contributed by atoms with Gasteiger partial charge in [-0.15, -0.1) is 0 Å². The summed E-state index contributed by atoms with van der Waals surface area (Å²) in [5.74, 6) is 0.919. The summed E-state index contributed by atoms with van der Waals surface area (Å²) in [4.78, 5) is 7.32. The van der Waals surface area contributed by atoms with Gasteiger partial charge in [0.15, 0.2) is 5.96 Å². The molecule has 0 atom stereocenters. The molecule has 0 radical (unpaired) electrons. The van der Waals surface area contributed by atoms with Gasteiger partial charge < -0.3 is 20.3 Å². The number of hydrogen-bond donors (Lipinski definition) is 2. The van der Waals surface area contributed by atoms with Gasteiger partial charge in [0.25, 0.3) is 0 Å². The molecule has 25 heavy (non-hydrogen) atoms. The number of hydrogen-bond acceptors (Lipinski definition) is 3. The standard InChI is InChI=1S/C20H34N4O/c1-5-21-20(23-19-9-11-24(12-10-19)16(2)3)22-14-17-7-6-8-18(13-17)15-25-4/h6-8,13,16,19H,5,9-12,14-15H2,1-4H3,(H2,21,22,23). The predicted molar refractivity (Wildman–Crippen MR) is 105 cm³/mol. The SMILES string of the molecule is CCNC(=NCc1cccc(COC)c1)NC1CCN(C(C)C)CC1. The van der Waals surface area contributed by atoms with Crippen LogP contribution < -0.4 is 10.6 Å². The zero-order valence-electron chi connectivity index (χ0n) is 16.2. The van der Waals surface area contributed by atoms with Crippen molar-refractivity contribution in [3.63, 3.8) is 0 Å². The Balaban J connectivity index is 1.91. The molecule has 0 bridgehead atoms. The van der Waals surface area contributed by atoms with Crippen LogP contribution in [0.15, 0.2) is 29.3 Å². The molecule has 1 aromatic carbocycles. The van der Waals surface area contributed by atoms with Crippen LogP contribution in [0.1, 0.15) is 44.7 Å². The first-order valence-corrected chi connectivity index (χ1v) is 9.48. The second-order valence-corrected chi connectivity index (χ2v) is 7.00. The molecule has 2 rings (SSSR count). The molecule has 1 aliphatic rings. The fourth-order valence-electron chi connectivity index (χ4n) is 3.23. The summed E-state index contributed by atoms with van der Waals surface area (Å²) in [7, 11) is 1.72. The van der Waals surface area contributed by atoms with Crippen LogP contribution in [0.2, 0.25) is 0 Å². The van der Waals surface area contributed by atoms with E-state index in [0.29, 0.717) is 25.2 Å². The quantitative estimate of drug-likeness (QED) is 0.589. The van der Waals surface area contributed by atoms with Gasteiger partial charge in [-0.3, -0.25) is 0 Å². The Morgan fingerprint density at radius 2 is 2.00 bits per heavy atom. The Labute approximate surface area is 152 Å². The van der Waals surface area contributed by atoms with Crippen molar-refractivity contribution < 1.29 is 4.74 Å². The number of aliphatic imine (C=N–C) groups is 1. The van der Waals surface area contributed by atoms with Crippen LogP contribution in [0.25, 0.3) is 0 Å². The maximum absolute atomic E-state index is 5.21. The largest absolute Gasteiger partial charge is 0.380 e. The average molecular weight is 347 g/mol. The van der Waals surface area contributed by atoms with Crippen LogP contribution in [0, 0.1) is 0 Å². The van der Waals surface area contributed by atoms with Crippen molar-refractivity contribution >= 4 is 5.96 Å². The van der Waals surface area contributed by atoms with Gasteiger partial charge in [-0.2, -0.15) is 0 Å². The van der Waals surface area contributed by atoms with Crippen molar-refractivity contribution in [2.45, 2.75) is 58.8 Å². The third kappa shape index (κ3) is 6.67. The molecule has 5 nitrogen and oxygen atoms in total. The molecule has 0 spiro atoms. The van der Waals surface area contributed by atoms with E-state index in [2.05, 4.69) is 60.6 Å². The van der Waals surface area contributed by atoms with Gasteiger partial charge in [-0.05, 0) is 44.7 Å². The number of piperidine rings is 1. The minimum atomic E-state index is 0.507. The molecule has 140 valence electrons. The van der Waals surface area contributed by atoms with E-state index in [1.807, 2.05) is 0 Å². The summed E-state index contributed by atoms with van der Waals surface area (Å²) >= 11 is 0. The third-order valence-electron chi connectivity index (χ3n) is 4.67. The molecule has 1 fully saturated rings. The second kappa shape index (κ2) is 10.4. The van der Waals surface area contributed by atoms with Crippen molar-refractivity contribution in [3.8, 4) is 0 Å². The van der Waals surface area contributed by atoms with E-state index in [4.69, 9.17) is 9.73 Å². The van der Waals surface area contributed by atoms with Gasteiger partial charge in [-0.1, -0.05) is 24.3 Å². The molecule has 1 aliphatic heterocycles. The average Bonchev–Trinajstić information content (AvgIpc) is 2.61. The Morgan fingerprint density at radius 1 is 1.28 bits per heavy atom. The van der Waals surface area contributed by atoms with E-state index >= 15 is 0 Å². The van der Waals surface area contributed by atoms with Crippen molar-refractivity contribution in [1.29, 1.82) is 0 Å². The number of guanidine groups is 1. The van der Waals surface area contributed by atoms with Crippen LogP contribution in [-0.4, -0.2) is 49.7 Å². The highest BCUT2D eigenvalue weighted by molar-refractivity contribution is 5.80. The molecule has 0 aliphatic carbocycles. The van der Waals surface area contributed by atoms with Crippen LogP contribution in [-0.2, 0) is 17.9 Å². The Hall–Kier alpha value is -1.59. The summed E-state index contributed by atoms with van der Waals surface area (Å²) in [6.45, 7) is 11.2. The fraction of sp³-hybridized carbons (Fsp3) is 0.650. The van der Waals surface area contributed by atoms with E-state index < -0.39 is 0 Å². The number of benzene rings is 1. The highest BCUT2D eigenvalue weighted by Crippen LogP contribution is 2.13. The Morgan fingerprint density at radius 3 is 2.64 bits per heavy atom. The van der Waals surface area contributed by atoms with Crippen LogP contribution >= 0.6 is 0 Å². The molecule has 1 saturated heterocycles. The summed E-state index contributed by atoms with van der Waals surface area (Å²) in [6, 6.07) is 9.59. The molecule has 0 aromatic heterocycles. The summed E-state index contributed by atoms with van der Waals surface area (Å²) in [5, 5.41) is 6.99. The zero-order valence-corrected chi connectivity index (χ0v) is 16.2. The number of nitrogens with zero attached hydrogens (tertiary/aromatic N) is 2. The predicted octanol–water partition coefficient (Wildman–Crippen LogP) is 2.76. The molecule has 5 heteroatoms. The highest BCUT2D eigenvalue weighted by atomic mass is 16.5. The minimum absolute atomic E-state index is 0.507. The number of ether oxygens (including phenoxy) is 1. The lowest BCUT2D eigenvalue weighted by Gasteiger charge is -2.35. The lowest BCUT2D eigenvalue weighted by molar-refractivity contribution is 0.167. The van der Waals surface area contributed by atoms with Crippen LogP contribution in [0.4, 0.5) is 0 Å². The Bertz CT molecular complexity index is 536. The summed E-state index contributed by atoms with van der Waals surface area (Å²) in [5.41, 5.74) is 2.40. The maximum Gasteiger partial charge on any atom is 0.191 e. The molecular weight excluding hydrogens is 312 g/mol. The third-order valence-corrected chi connectivity index (χ3v) is 4.67. The monoisotopic (exact) mass is 346 g/mol. The van der Waals surface area contributed by atoms with Gasteiger partial charge >= 0.3 is 0 Å². The van der Waals surface area contributed by atoms with Gasteiger partial charge in [-0.25, -0.2) is 4.99 Å². The maximum atomic E-state index is 5.21. The van der Waals surface area contributed by atoms with E-state index in [1.54, 1.807) is 7.11 Å². The topological polar surface area (TPSA) is 48.9 Å². The lowest BCUT2D eigenvalue weighted by Crippen LogP contribution is -2.49. The van der Waals surface area contributed by atoms with Crippen molar-refractivity contribution in [2.75, 3.05) is 26.7 Å². The molecule has 1 heterocycles. The smallest absolute Gasteiger partial charge is 0.191 e. The molecule has 0 saturated carbocycles. The summed E-state index contributed by atoms with van der Waals surface area (Å²) < 4.78 is 5.21. The number of likely N-dealkylation sites (tertiary alicyclic amines) is 1. The van der Waals surface area contributed by atoms with Gasteiger partial charge in [0.1, 0.15) is 0 Å². The van der Waals surface area contributed by atoms with Crippen molar-refractivity contribution in [1.82, 2.24) is 15.5 Å². The van der Waals surface area contributed by atoms with Crippen LogP contribution in [0.5, 0.6) is 0 Å². The molecule has 1 aromatic rings. The van der Waals surface area contributed by atoms with Gasteiger partial charge in [0.05, 0.1) is 13.2 Å². The number of rotatable bonds is 7. The Kier molecular flexibility index (Phi) is 8.22. The zero-order chi connectivity index (χ0) is 18.1. The van der Waals surface area contributed by atoms with E-state index in [-0.39, 0.29) is 0 Å². The van der Waals surface area contributed by atoms with E-state index in [1.165, 1.54) is 24.0 Å². The highest BCUT2D eigenvalue weighted by Gasteiger charge is 2.21. The van der Waals surface area contributed by atoms with Crippen molar-refractivity contribution in [2.24, 2.45) is 4.99 Å². The number of methoxy groups -OCH3 is 1. The molecule has 2 N–H and O–H groups in total. The summed E-state index contributed by atoms with van der Waals surface area (Å²) in [6.07, 6.45) is 2.35. The van der Waals surface area contributed by atoms with Crippen molar-refractivity contribution in [3.05, 3.63) is 35.4 Å². The fourth-order valence-corrected chi connectivity index (χ4v) is 3.23. The number of nitrogens with one attached hydrogen (secondary N) is 2. The molecule has 0 unspecified atom stereocenters. The van der Waals surface area contributed by atoms with Gasteiger partial charge in [0, 0.05) is 38.8 Å². The van der Waals surface area contributed by atoms with Crippen LogP contribution in [0.3, 0.4) is 0 Å². The lowest BCUT2D eigenvalue weighted by atomic mass is 10.0. The first-order valence-electron chi connectivity index (χ1n) is 9.48. The first kappa shape index (κ1) is 19.7.